The van der Waals surface area contributed by atoms with Gasteiger partial charge < -0.3 is 15.1 Å². The van der Waals surface area contributed by atoms with E-state index in [1.54, 1.807) is 6.92 Å². The minimum atomic E-state index is -0.152. The van der Waals surface area contributed by atoms with Crippen molar-refractivity contribution in [1.29, 1.82) is 0 Å². The van der Waals surface area contributed by atoms with Crippen molar-refractivity contribution in [3.63, 3.8) is 0 Å². The van der Waals surface area contributed by atoms with Crippen molar-refractivity contribution in [3.8, 4) is 0 Å². The monoisotopic (exact) mass is 209 g/mol. The SMILES string of the molecule is Cc1nc(C(=O)N[C@H]2CCCNC2)co1. The number of amides is 1. The maximum atomic E-state index is 11.7. The van der Waals surface area contributed by atoms with Crippen molar-refractivity contribution in [2.24, 2.45) is 0 Å². The molecule has 2 N–H and O–H groups in total. The van der Waals surface area contributed by atoms with Gasteiger partial charge in [-0.1, -0.05) is 0 Å². The molecule has 0 aliphatic carbocycles. The Morgan fingerprint density at radius 1 is 1.73 bits per heavy atom. The molecule has 0 unspecified atom stereocenters. The molecule has 1 atom stereocenters. The molecule has 5 heteroatoms. The number of hydrogen-bond acceptors (Lipinski definition) is 4. The van der Waals surface area contributed by atoms with Crippen molar-refractivity contribution in [2.45, 2.75) is 25.8 Å². The summed E-state index contributed by atoms with van der Waals surface area (Å²) in [6, 6.07) is 0.211. The minimum absolute atomic E-state index is 0.152. The number of hydrogen-bond donors (Lipinski definition) is 2. The van der Waals surface area contributed by atoms with Crippen molar-refractivity contribution in [1.82, 2.24) is 15.6 Å². The lowest BCUT2D eigenvalue weighted by atomic mass is 10.1. The number of carbonyl (C=O) groups excluding carboxylic acids is 1. The first-order chi connectivity index (χ1) is 7.25. The fraction of sp³-hybridized carbons (Fsp3) is 0.600. The van der Waals surface area contributed by atoms with Gasteiger partial charge in [0.15, 0.2) is 11.6 Å². The van der Waals surface area contributed by atoms with Gasteiger partial charge in [0.2, 0.25) is 0 Å². The first-order valence-corrected chi connectivity index (χ1v) is 5.19. The standard InChI is InChI=1S/C10H15N3O2/c1-7-12-9(6-15-7)10(14)13-8-3-2-4-11-5-8/h6,8,11H,2-5H2,1H3,(H,13,14)/t8-/m0/s1. The van der Waals surface area contributed by atoms with Crippen molar-refractivity contribution in [2.75, 3.05) is 13.1 Å². The molecule has 1 aliphatic heterocycles. The Hall–Kier alpha value is -1.36. The molecular weight excluding hydrogens is 194 g/mol. The quantitative estimate of drug-likeness (QED) is 0.742. The molecule has 82 valence electrons. The first-order valence-electron chi connectivity index (χ1n) is 5.19. The van der Waals surface area contributed by atoms with Crippen LogP contribution in [0.4, 0.5) is 0 Å². The maximum Gasteiger partial charge on any atom is 0.273 e. The zero-order valence-corrected chi connectivity index (χ0v) is 8.75. The number of piperidine rings is 1. The summed E-state index contributed by atoms with van der Waals surface area (Å²) in [4.78, 5) is 15.6. The lowest BCUT2D eigenvalue weighted by molar-refractivity contribution is 0.0925. The summed E-state index contributed by atoms with van der Waals surface area (Å²) in [7, 11) is 0. The predicted octanol–water partition coefficient (Wildman–Crippen LogP) is 0.465. The molecule has 0 radical (unpaired) electrons. The Labute approximate surface area is 88.3 Å². The molecule has 2 heterocycles. The molecule has 0 bridgehead atoms. The summed E-state index contributed by atoms with van der Waals surface area (Å²) in [5.41, 5.74) is 0.359. The highest BCUT2D eigenvalue weighted by atomic mass is 16.3. The Balaban J connectivity index is 1.91. The van der Waals surface area contributed by atoms with E-state index in [0.29, 0.717) is 11.6 Å². The van der Waals surface area contributed by atoms with E-state index in [2.05, 4.69) is 15.6 Å². The van der Waals surface area contributed by atoms with E-state index in [9.17, 15) is 4.79 Å². The van der Waals surface area contributed by atoms with Gasteiger partial charge in [-0.05, 0) is 19.4 Å². The van der Waals surface area contributed by atoms with E-state index in [-0.39, 0.29) is 11.9 Å². The third kappa shape index (κ3) is 2.56. The van der Waals surface area contributed by atoms with Crippen LogP contribution in [0.15, 0.2) is 10.7 Å². The first kappa shape index (κ1) is 10.2. The number of aromatic nitrogens is 1. The number of oxazole rings is 1. The van der Waals surface area contributed by atoms with E-state index < -0.39 is 0 Å². The van der Waals surface area contributed by atoms with Crippen molar-refractivity contribution >= 4 is 5.91 Å². The Bertz CT molecular complexity index is 342. The molecule has 1 aromatic heterocycles. The van der Waals surface area contributed by atoms with Gasteiger partial charge in [0.05, 0.1) is 0 Å². The maximum absolute atomic E-state index is 11.7. The van der Waals surface area contributed by atoms with Gasteiger partial charge in [0.25, 0.3) is 5.91 Å². The third-order valence-electron chi connectivity index (χ3n) is 2.48. The lowest BCUT2D eigenvalue weighted by Crippen LogP contribution is -2.45. The normalized spacial score (nSPS) is 21.3. The van der Waals surface area contributed by atoms with Gasteiger partial charge in [-0.25, -0.2) is 4.98 Å². The number of carbonyl (C=O) groups is 1. The van der Waals surface area contributed by atoms with Crippen molar-refractivity contribution in [3.05, 3.63) is 17.8 Å². The minimum Gasteiger partial charge on any atom is -0.448 e. The molecule has 0 saturated carbocycles. The number of aryl methyl sites for hydroxylation is 1. The molecule has 1 saturated heterocycles. The second kappa shape index (κ2) is 4.44. The third-order valence-corrected chi connectivity index (χ3v) is 2.48. The average Bonchev–Trinajstić information content (AvgIpc) is 2.66. The zero-order valence-electron chi connectivity index (χ0n) is 8.75. The molecule has 0 spiro atoms. The van der Waals surface area contributed by atoms with Gasteiger partial charge in [0.1, 0.15) is 6.26 Å². The Morgan fingerprint density at radius 2 is 2.60 bits per heavy atom. The fourth-order valence-corrected chi connectivity index (χ4v) is 1.70. The molecule has 5 nitrogen and oxygen atoms in total. The topological polar surface area (TPSA) is 67.2 Å². The molecule has 15 heavy (non-hydrogen) atoms. The largest absolute Gasteiger partial charge is 0.448 e. The number of rotatable bonds is 2. The van der Waals surface area contributed by atoms with Crippen LogP contribution in [-0.2, 0) is 0 Å². The summed E-state index contributed by atoms with van der Waals surface area (Å²) in [6.07, 6.45) is 3.51. The van der Waals surface area contributed by atoms with Crippen LogP contribution in [0.1, 0.15) is 29.2 Å². The molecule has 1 aromatic rings. The van der Waals surface area contributed by atoms with E-state index in [1.807, 2.05) is 0 Å². The van der Waals surface area contributed by atoms with Gasteiger partial charge in [-0.15, -0.1) is 0 Å². The summed E-state index contributed by atoms with van der Waals surface area (Å²) in [6.45, 7) is 3.59. The van der Waals surface area contributed by atoms with Crippen LogP contribution in [0.2, 0.25) is 0 Å². The van der Waals surface area contributed by atoms with Crippen molar-refractivity contribution < 1.29 is 9.21 Å². The second-order valence-corrected chi connectivity index (χ2v) is 3.77. The van der Waals surface area contributed by atoms with E-state index >= 15 is 0 Å². The van der Waals surface area contributed by atoms with Crippen LogP contribution in [0.25, 0.3) is 0 Å². The van der Waals surface area contributed by atoms with Crippen LogP contribution in [0, 0.1) is 6.92 Å². The number of nitrogens with zero attached hydrogens (tertiary/aromatic N) is 1. The highest BCUT2D eigenvalue weighted by molar-refractivity contribution is 5.92. The van der Waals surface area contributed by atoms with Crippen LogP contribution < -0.4 is 10.6 Å². The van der Waals surface area contributed by atoms with Gasteiger partial charge in [0, 0.05) is 19.5 Å². The average molecular weight is 209 g/mol. The Kier molecular flexibility index (Phi) is 3.01. The molecular formula is C10H15N3O2. The van der Waals surface area contributed by atoms with Gasteiger partial charge in [-0.3, -0.25) is 4.79 Å². The smallest absolute Gasteiger partial charge is 0.273 e. The Morgan fingerprint density at radius 3 is 3.20 bits per heavy atom. The predicted molar refractivity (Wildman–Crippen MR) is 54.6 cm³/mol. The lowest BCUT2D eigenvalue weighted by Gasteiger charge is -2.23. The second-order valence-electron chi connectivity index (χ2n) is 3.77. The highest BCUT2D eigenvalue weighted by Gasteiger charge is 2.17. The van der Waals surface area contributed by atoms with Crippen LogP contribution >= 0.6 is 0 Å². The molecule has 1 fully saturated rings. The highest BCUT2D eigenvalue weighted by Crippen LogP contribution is 2.04. The molecule has 0 aromatic carbocycles. The van der Waals surface area contributed by atoms with Crippen LogP contribution in [0.5, 0.6) is 0 Å². The van der Waals surface area contributed by atoms with E-state index in [1.165, 1.54) is 6.26 Å². The summed E-state index contributed by atoms with van der Waals surface area (Å²) in [5, 5.41) is 6.16. The van der Waals surface area contributed by atoms with E-state index in [4.69, 9.17) is 4.42 Å². The van der Waals surface area contributed by atoms with Gasteiger partial charge >= 0.3 is 0 Å². The molecule has 1 amide bonds. The fourth-order valence-electron chi connectivity index (χ4n) is 1.70. The van der Waals surface area contributed by atoms with Gasteiger partial charge in [-0.2, -0.15) is 0 Å². The molecule has 2 rings (SSSR count). The summed E-state index contributed by atoms with van der Waals surface area (Å²) >= 11 is 0. The van der Waals surface area contributed by atoms with Crippen LogP contribution in [0.3, 0.4) is 0 Å². The van der Waals surface area contributed by atoms with Crippen LogP contribution in [-0.4, -0.2) is 30.0 Å². The number of nitrogens with one attached hydrogen (secondary N) is 2. The zero-order chi connectivity index (χ0) is 10.7. The molecule has 1 aliphatic rings. The summed E-state index contributed by atoms with van der Waals surface area (Å²) < 4.78 is 4.99. The van der Waals surface area contributed by atoms with E-state index in [0.717, 1.165) is 25.9 Å². The summed E-state index contributed by atoms with van der Waals surface area (Å²) in [5.74, 6) is 0.363.